The summed E-state index contributed by atoms with van der Waals surface area (Å²) in [4.78, 5) is 0. The first kappa shape index (κ1) is 16.7. The van der Waals surface area contributed by atoms with Crippen LogP contribution in [-0.4, -0.2) is 31.7 Å². The van der Waals surface area contributed by atoms with Gasteiger partial charge in [0.1, 0.15) is 5.69 Å². The Hall–Kier alpha value is -1.34. The molecule has 1 aromatic carbocycles. The summed E-state index contributed by atoms with van der Waals surface area (Å²) in [6.45, 7) is 0. The SMILES string of the molecule is CNC(NNc1c(Cl)cc(C(F)(F)F)cc1Cl)=[N+](C)C. The molecule has 112 valence electrons. The molecule has 0 aliphatic heterocycles. The molecule has 4 nitrogen and oxygen atoms in total. The van der Waals surface area contributed by atoms with E-state index in [0.29, 0.717) is 5.96 Å². The number of rotatable bonds is 2. The highest BCUT2D eigenvalue weighted by atomic mass is 35.5. The molecule has 0 bridgehead atoms. The van der Waals surface area contributed by atoms with Crippen molar-refractivity contribution in [2.24, 2.45) is 0 Å². The Kier molecular flexibility index (Phi) is 5.35. The molecule has 0 aliphatic carbocycles. The van der Waals surface area contributed by atoms with E-state index in [1.54, 1.807) is 25.7 Å². The van der Waals surface area contributed by atoms with Crippen LogP contribution in [0.15, 0.2) is 12.1 Å². The van der Waals surface area contributed by atoms with Gasteiger partial charge in [-0.3, -0.25) is 9.89 Å². The number of benzene rings is 1. The lowest BCUT2D eigenvalue weighted by Crippen LogP contribution is -2.43. The summed E-state index contributed by atoms with van der Waals surface area (Å²) in [5.41, 5.74) is 4.69. The number of hydrogen-bond acceptors (Lipinski definition) is 1. The molecule has 0 spiro atoms. The minimum absolute atomic E-state index is 0.133. The molecule has 0 heterocycles. The van der Waals surface area contributed by atoms with Crippen molar-refractivity contribution < 1.29 is 17.7 Å². The zero-order valence-corrected chi connectivity index (χ0v) is 12.5. The molecule has 20 heavy (non-hydrogen) atoms. The Morgan fingerprint density at radius 1 is 1.15 bits per heavy atom. The van der Waals surface area contributed by atoms with Crippen molar-refractivity contribution in [3.8, 4) is 0 Å². The Morgan fingerprint density at radius 2 is 1.65 bits per heavy atom. The van der Waals surface area contributed by atoms with Gasteiger partial charge in [0.05, 0.1) is 36.8 Å². The van der Waals surface area contributed by atoms with Gasteiger partial charge in [-0.25, -0.2) is 5.43 Å². The summed E-state index contributed by atoms with van der Waals surface area (Å²) in [6, 6.07) is 1.62. The third-order valence-corrected chi connectivity index (χ3v) is 2.96. The number of alkyl halides is 3. The highest BCUT2D eigenvalue weighted by Gasteiger charge is 2.32. The third-order valence-electron chi connectivity index (χ3n) is 2.36. The second-order valence-electron chi connectivity index (χ2n) is 4.06. The second-order valence-corrected chi connectivity index (χ2v) is 4.87. The number of nitrogens with one attached hydrogen (secondary N) is 3. The van der Waals surface area contributed by atoms with Crippen molar-refractivity contribution in [3.63, 3.8) is 0 Å². The maximum atomic E-state index is 12.6. The Bertz CT molecular complexity index is 502. The normalized spacial score (nSPS) is 11.0. The zero-order chi connectivity index (χ0) is 15.5. The van der Waals surface area contributed by atoms with E-state index in [9.17, 15) is 13.2 Å². The van der Waals surface area contributed by atoms with Gasteiger partial charge in [0, 0.05) is 0 Å². The Morgan fingerprint density at radius 3 is 2.00 bits per heavy atom. The number of halogens is 5. The highest BCUT2D eigenvalue weighted by molar-refractivity contribution is 6.39. The van der Waals surface area contributed by atoms with Crippen molar-refractivity contribution >= 4 is 34.8 Å². The number of nitrogens with zero attached hydrogens (tertiary/aromatic N) is 1. The van der Waals surface area contributed by atoms with E-state index < -0.39 is 11.7 Å². The van der Waals surface area contributed by atoms with Crippen LogP contribution in [0.4, 0.5) is 18.9 Å². The van der Waals surface area contributed by atoms with Gasteiger partial charge in [0.15, 0.2) is 0 Å². The van der Waals surface area contributed by atoms with E-state index in [-0.39, 0.29) is 15.7 Å². The lowest BCUT2D eigenvalue weighted by Gasteiger charge is -2.13. The standard InChI is InChI=1S/C11H13Cl2F3N4/c1-17-10(20(2)3)19-18-9-7(12)4-6(5-8(9)13)11(14,15)16/h4-5,18H,1-3H3,(H,17,19)/p+1. The summed E-state index contributed by atoms with van der Waals surface area (Å²) in [7, 11) is 5.23. The summed E-state index contributed by atoms with van der Waals surface area (Å²) in [6.07, 6.45) is -4.49. The molecule has 0 aromatic heterocycles. The van der Waals surface area contributed by atoms with Crippen LogP contribution in [0, 0.1) is 0 Å². The molecule has 9 heteroatoms. The zero-order valence-electron chi connectivity index (χ0n) is 11.0. The topological polar surface area (TPSA) is 39.1 Å². The second kappa shape index (κ2) is 6.41. The van der Waals surface area contributed by atoms with E-state index in [4.69, 9.17) is 23.2 Å². The summed E-state index contributed by atoms with van der Waals surface area (Å²) >= 11 is 11.6. The van der Waals surface area contributed by atoms with E-state index >= 15 is 0 Å². The molecular formula is C11H14Cl2F3N4+. The van der Waals surface area contributed by atoms with Crippen molar-refractivity contribution in [2.45, 2.75) is 6.18 Å². The van der Waals surface area contributed by atoms with Gasteiger partial charge in [-0.15, -0.1) is 0 Å². The van der Waals surface area contributed by atoms with Crippen LogP contribution in [-0.2, 0) is 6.18 Å². The molecule has 0 amide bonds. The lowest BCUT2D eigenvalue weighted by molar-refractivity contribution is -0.468. The van der Waals surface area contributed by atoms with Crippen molar-refractivity contribution in [3.05, 3.63) is 27.7 Å². The molecule has 0 fully saturated rings. The fourth-order valence-electron chi connectivity index (χ4n) is 1.38. The first-order valence-electron chi connectivity index (χ1n) is 5.47. The van der Waals surface area contributed by atoms with Crippen molar-refractivity contribution in [1.29, 1.82) is 0 Å². The van der Waals surface area contributed by atoms with Gasteiger partial charge >= 0.3 is 12.1 Å². The molecule has 0 atom stereocenters. The third kappa shape index (κ3) is 4.08. The van der Waals surface area contributed by atoms with Gasteiger partial charge < -0.3 is 0 Å². The van der Waals surface area contributed by atoms with Crippen LogP contribution in [0.25, 0.3) is 0 Å². The van der Waals surface area contributed by atoms with Gasteiger partial charge in [-0.2, -0.15) is 18.6 Å². The number of guanidine groups is 1. The first-order valence-corrected chi connectivity index (χ1v) is 6.22. The monoisotopic (exact) mass is 329 g/mol. The molecular weight excluding hydrogens is 316 g/mol. The van der Waals surface area contributed by atoms with Gasteiger partial charge in [-0.1, -0.05) is 23.2 Å². The number of hydrazine groups is 1. The largest absolute Gasteiger partial charge is 0.416 e. The van der Waals surface area contributed by atoms with Crippen LogP contribution in [0.1, 0.15) is 5.56 Å². The number of hydrogen-bond donors (Lipinski definition) is 3. The predicted molar refractivity (Wildman–Crippen MR) is 74.4 cm³/mol. The molecule has 1 aromatic rings. The van der Waals surface area contributed by atoms with Crippen LogP contribution in [0.3, 0.4) is 0 Å². The van der Waals surface area contributed by atoms with Crippen LogP contribution < -0.4 is 16.2 Å². The fraction of sp³-hybridized carbons (Fsp3) is 0.364. The molecule has 1 rings (SSSR count). The number of anilines is 1. The van der Waals surface area contributed by atoms with E-state index in [1.807, 2.05) is 0 Å². The average Bonchev–Trinajstić information content (AvgIpc) is 2.30. The summed E-state index contributed by atoms with van der Waals surface area (Å²) in [5, 5.41) is 2.58. The molecule has 0 unspecified atom stereocenters. The smallest absolute Gasteiger partial charge is 0.279 e. The highest BCUT2D eigenvalue weighted by Crippen LogP contribution is 2.38. The maximum absolute atomic E-state index is 12.6. The van der Waals surface area contributed by atoms with Crippen molar-refractivity contribution in [2.75, 3.05) is 26.6 Å². The van der Waals surface area contributed by atoms with Crippen molar-refractivity contribution in [1.82, 2.24) is 10.7 Å². The molecule has 0 radical (unpaired) electrons. The average molecular weight is 330 g/mol. The Balaban J connectivity index is 3.01. The molecule has 0 saturated heterocycles. The minimum Gasteiger partial charge on any atom is -0.279 e. The maximum Gasteiger partial charge on any atom is 0.416 e. The van der Waals surface area contributed by atoms with E-state index in [2.05, 4.69) is 16.2 Å². The first-order chi connectivity index (χ1) is 9.16. The Labute approximate surface area is 124 Å². The molecule has 0 aliphatic rings. The van der Waals surface area contributed by atoms with Crippen LogP contribution >= 0.6 is 23.2 Å². The fourth-order valence-corrected chi connectivity index (χ4v) is 1.96. The summed E-state index contributed by atoms with van der Waals surface area (Å²) in [5.74, 6) is 0.581. The minimum atomic E-state index is -4.49. The van der Waals surface area contributed by atoms with Gasteiger partial charge in [0.25, 0.3) is 0 Å². The van der Waals surface area contributed by atoms with E-state index in [0.717, 1.165) is 12.1 Å². The van der Waals surface area contributed by atoms with E-state index in [1.165, 1.54) is 0 Å². The van der Waals surface area contributed by atoms with Crippen LogP contribution in [0.2, 0.25) is 10.0 Å². The molecule has 0 saturated carbocycles. The lowest BCUT2D eigenvalue weighted by atomic mass is 10.2. The quantitative estimate of drug-likeness (QED) is 0.338. The summed E-state index contributed by atoms with van der Waals surface area (Å²) < 4.78 is 39.5. The van der Waals surface area contributed by atoms with Gasteiger partial charge in [0.2, 0.25) is 0 Å². The molecule has 3 N–H and O–H groups in total. The van der Waals surface area contributed by atoms with Crippen LogP contribution in [0.5, 0.6) is 0 Å². The predicted octanol–water partition coefficient (Wildman–Crippen LogP) is 2.78. The van der Waals surface area contributed by atoms with Gasteiger partial charge in [-0.05, 0) is 12.1 Å².